The summed E-state index contributed by atoms with van der Waals surface area (Å²) in [7, 11) is 0. The van der Waals surface area contributed by atoms with E-state index in [1.54, 1.807) is 31.2 Å². The second-order valence-corrected chi connectivity index (χ2v) is 3.27. The number of esters is 1. The van der Waals surface area contributed by atoms with Crippen molar-refractivity contribution >= 4 is 23.6 Å². The Hall–Kier alpha value is -2.88. The fourth-order valence-electron chi connectivity index (χ4n) is 1.17. The number of carbonyl (C=O) groups is 1. The summed E-state index contributed by atoms with van der Waals surface area (Å²) in [5, 5.41) is 23.7. The first-order valence-electron chi connectivity index (χ1n) is 5.39. The van der Waals surface area contributed by atoms with Crippen LogP contribution in [0.1, 0.15) is 12.5 Å². The highest BCUT2D eigenvalue weighted by Gasteiger charge is 2.10. The number of anilines is 1. The number of carbonyl (C=O) groups excluding carboxylic acids is 1. The van der Waals surface area contributed by atoms with E-state index in [0.29, 0.717) is 11.3 Å². The zero-order valence-electron chi connectivity index (χ0n) is 10.2. The molecule has 0 aromatic heterocycles. The molecule has 0 saturated carbocycles. The van der Waals surface area contributed by atoms with Gasteiger partial charge >= 0.3 is 5.97 Å². The Bertz CT molecular complexity index is 546. The summed E-state index contributed by atoms with van der Waals surface area (Å²) in [6.07, 6.45) is 0.860. The summed E-state index contributed by atoms with van der Waals surface area (Å²) in [6.45, 7) is 1.83. The molecule has 1 aromatic carbocycles. The number of nitriles is 1. The first kappa shape index (κ1) is 14.2. The number of oxime groups is 1. The summed E-state index contributed by atoms with van der Waals surface area (Å²) in [4.78, 5) is 11.4. The minimum absolute atomic E-state index is 0.182. The molecule has 0 amide bonds. The largest absolute Gasteiger partial charge is 0.461 e. The minimum atomic E-state index is -0.718. The molecule has 19 heavy (non-hydrogen) atoms. The molecule has 1 aromatic rings. The lowest BCUT2D eigenvalue weighted by molar-refractivity contribution is -0.134. The zero-order valence-corrected chi connectivity index (χ0v) is 10.2. The van der Waals surface area contributed by atoms with Gasteiger partial charge in [-0.1, -0.05) is 11.2 Å². The molecule has 98 valence electrons. The summed E-state index contributed by atoms with van der Waals surface area (Å²) in [5.74, 6) is -0.718. The van der Waals surface area contributed by atoms with Gasteiger partial charge in [0.25, 0.3) is 0 Å². The molecule has 0 radical (unpaired) electrons. The smallest absolute Gasteiger partial charge is 0.360 e. The van der Waals surface area contributed by atoms with Crippen LogP contribution in [0.25, 0.3) is 0 Å². The Morgan fingerprint density at radius 2 is 2.42 bits per heavy atom. The third-order valence-corrected chi connectivity index (χ3v) is 1.96. The van der Waals surface area contributed by atoms with Crippen molar-refractivity contribution in [3.63, 3.8) is 0 Å². The van der Waals surface area contributed by atoms with E-state index in [4.69, 9.17) is 15.2 Å². The Morgan fingerprint density at radius 1 is 1.63 bits per heavy atom. The van der Waals surface area contributed by atoms with Gasteiger partial charge in [0.2, 0.25) is 0 Å². The molecule has 0 unspecified atom stereocenters. The monoisotopic (exact) mass is 260 g/mol. The van der Waals surface area contributed by atoms with E-state index in [1.165, 1.54) is 0 Å². The predicted molar refractivity (Wildman–Crippen MR) is 69.1 cm³/mol. The fourth-order valence-corrected chi connectivity index (χ4v) is 1.17. The summed E-state index contributed by atoms with van der Waals surface area (Å²) in [6, 6.07) is 8.51. The van der Waals surface area contributed by atoms with Gasteiger partial charge in [-0.3, -0.25) is 5.43 Å². The van der Waals surface area contributed by atoms with Crippen molar-refractivity contribution < 1.29 is 14.7 Å². The number of benzene rings is 1. The van der Waals surface area contributed by atoms with Crippen LogP contribution < -0.4 is 5.43 Å². The first-order chi connectivity index (χ1) is 9.21. The molecule has 0 spiro atoms. The maximum Gasteiger partial charge on any atom is 0.360 e. The van der Waals surface area contributed by atoms with E-state index in [0.717, 1.165) is 6.21 Å². The fraction of sp³-hybridized carbons (Fsp3) is 0.167. The molecule has 0 aliphatic rings. The van der Waals surface area contributed by atoms with Gasteiger partial charge in [0.15, 0.2) is 5.71 Å². The van der Waals surface area contributed by atoms with Crippen LogP contribution in [-0.2, 0) is 9.53 Å². The molecular formula is C12H12N4O3. The Balaban J connectivity index is 2.86. The molecule has 0 saturated heterocycles. The van der Waals surface area contributed by atoms with Crippen molar-refractivity contribution in [1.29, 1.82) is 5.26 Å². The van der Waals surface area contributed by atoms with E-state index in [1.807, 2.05) is 6.07 Å². The highest BCUT2D eigenvalue weighted by atomic mass is 16.5. The van der Waals surface area contributed by atoms with Crippen molar-refractivity contribution in [3.8, 4) is 6.07 Å². The van der Waals surface area contributed by atoms with Crippen LogP contribution in [0.5, 0.6) is 0 Å². The maximum absolute atomic E-state index is 11.4. The van der Waals surface area contributed by atoms with Gasteiger partial charge in [0.05, 0.1) is 23.9 Å². The van der Waals surface area contributed by atoms with Crippen LogP contribution in [0.2, 0.25) is 0 Å². The molecule has 0 aliphatic heterocycles. The number of hydrogen-bond acceptors (Lipinski definition) is 7. The predicted octanol–water partition coefficient (Wildman–Crippen LogP) is 1.35. The van der Waals surface area contributed by atoms with E-state index >= 15 is 0 Å². The number of nitrogens with one attached hydrogen (secondary N) is 1. The van der Waals surface area contributed by atoms with Crippen molar-refractivity contribution in [2.24, 2.45) is 10.3 Å². The SMILES string of the molecule is CCOC(=O)C(/C=N/O)=N/Nc1cccc(C#N)c1. The lowest BCUT2D eigenvalue weighted by atomic mass is 10.2. The van der Waals surface area contributed by atoms with Gasteiger partial charge in [-0.2, -0.15) is 10.4 Å². The van der Waals surface area contributed by atoms with Crippen LogP contribution in [-0.4, -0.2) is 29.7 Å². The molecule has 0 heterocycles. The molecule has 7 heteroatoms. The van der Waals surface area contributed by atoms with Crippen molar-refractivity contribution in [2.45, 2.75) is 6.92 Å². The molecule has 0 aliphatic carbocycles. The van der Waals surface area contributed by atoms with Crippen LogP contribution in [0, 0.1) is 11.3 Å². The van der Waals surface area contributed by atoms with Gasteiger partial charge in [-0.25, -0.2) is 4.79 Å². The summed E-state index contributed by atoms with van der Waals surface area (Å²) >= 11 is 0. The number of ether oxygens (including phenoxy) is 1. The lowest BCUT2D eigenvalue weighted by Crippen LogP contribution is -2.20. The van der Waals surface area contributed by atoms with Crippen molar-refractivity contribution in [3.05, 3.63) is 29.8 Å². The van der Waals surface area contributed by atoms with Gasteiger partial charge in [-0.15, -0.1) is 0 Å². The van der Waals surface area contributed by atoms with Crippen LogP contribution in [0.3, 0.4) is 0 Å². The average Bonchev–Trinajstić information content (AvgIpc) is 2.44. The third-order valence-electron chi connectivity index (χ3n) is 1.96. The Morgan fingerprint density at radius 3 is 3.05 bits per heavy atom. The van der Waals surface area contributed by atoms with Gasteiger partial charge in [0, 0.05) is 0 Å². The highest BCUT2D eigenvalue weighted by Crippen LogP contribution is 2.09. The second kappa shape index (κ2) is 7.45. The van der Waals surface area contributed by atoms with E-state index in [2.05, 4.69) is 15.7 Å². The Kier molecular flexibility index (Phi) is 5.56. The second-order valence-electron chi connectivity index (χ2n) is 3.27. The van der Waals surface area contributed by atoms with Gasteiger partial charge in [0.1, 0.15) is 6.21 Å². The standard InChI is InChI=1S/C12H12N4O3/c1-2-19-12(17)11(8-14-18)16-15-10-5-3-4-9(6-10)7-13/h3-6,8,15,18H,2H2,1H3/b14-8+,16-11+. The average molecular weight is 260 g/mol. The molecule has 0 atom stereocenters. The summed E-state index contributed by atoms with van der Waals surface area (Å²) < 4.78 is 4.73. The van der Waals surface area contributed by atoms with E-state index in [9.17, 15) is 4.79 Å². The molecule has 2 N–H and O–H groups in total. The third kappa shape index (κ3) is 4.47. The number of rotatable bonds is 5. The highest BCUT2D eigenvalue weighted by molar-refractivity contribution is 6.59. The molecular weight excluding hydrogens is 248 g/mol. The van der Waals surface area contributed by atoms with E-state index < -0.39 is 5.97 Å². The van der Waals surface area contributed by atoms with Gasteiger partial charge < -0.3 is 9.94 Å². The van der Waals surface area contributed by atoms with Crippen molar-refractivity contribution in [2.75, 3.05) is 12.0 Å². The topological polar surface area (TPSA) is 107 Å². The van der Waals surface area contributed by atoms with E-state index in [-0.39, 0.29) is 12.3 Å². The normalized spacial score (nSPS) is 11.1. The first-order valence-corrected chi connectivity index (χ1v) is 5.39. The molecule has 7 nitrogen and oxygen atoms in total. The minimum Gasteiger partial charge on any atom is -0.461 e. The number of nitrogens with zero attached hydrogens (tertiary/aromatic N) is 3. The molecule has 0 bridgehead atoms. The Labute approximate surface area is 109 Å². The van der Waals surface area contributed by atoms with Gasteiger partial charge in [-0.05, 0) is 25.1 Å². The zero-order chi connectivity index (χ0) is 14.1. The van der Waals surface area contributed by atoms with Crippen LogP contribution in [0.4, 0.5) is 5.69 Å². The maximum atomic E-state index is 11.4. The molecule has 1 rings (SSSR count). The van der Waals surface area contributed by atoms with Crippen LogP contribution in [0.15, 0.2) is 34.5 Å². The van der Waals surface area contributed by atoms with Crippen molar-refractivity contribution in [1.82, 2.24) is 0 Å². The summed E-state index contributed by atoms with van der Waals surface area (Å²) in [5.41, 5.74) is 3.36. The number of hydrogen-bond donors (Lipinski definition) is 2. The quantitative estimate of drug-likeness (QED) is 0.359. The lowest BCUT2D eigenvalue weighted by Gasteiger charge is -2.03. The number of hydrazone groups is 1. The van der Waals surface area contributed by atoms with Crippen LogP contribution >= 0.6 is 0 Å². The molecule has 0 fully saturated rings.